The van der Waals surface area contributed by atoms with E-state index in [1.807, 2.05) is 6.07 Å². The molecule has 0 saturated heterocycles. The van der Waals surface area contributed by atoms with Crippen molar-refractivity contribution in [2.24, 2.45) is 0 Å². The Hall–Kier alpha value is -2.08. The molecule has 1 aromatic heterocycles. The minimum absolute atomic E-state index is 0.0692. The SMILES string of the molecule is O=[N+]([O-])c1ccc(Oc2cccc(S)c2)nc1. The van der Waals surface area contributed by atoms with Crippen LogP contribution in [0.25, 0.3) is 0 Å². The molecule has 6 heteroatoms. The van der Waals surface area contributed by atoms with Crippen LogP contribution in [0.1, 0.15) is 0 Å². The highest BCUT2D eigenvalue weighted by Crippen LogP contribution is 2.22. The van der Waals surface area contributed by atoms with Crippen molar-refractivity contribution >= 4 is 18.3 Å². The van der Waals surface area contributed by atoms with Gasteiger partial charge in [0.15, 0.2) is 0 Å². The predicted octanol–water partition coefficient (Wildman–Crippen LogP) is 3.07. The summed E-state index contributed by atoms with van der Waals surface area (Å²) in [7, 11) is 0. The van der Waals surface area contributed by atoms with E-state index < -0.39 is 4.92 Å². The maximum absolute atomic E-state index is 10.4. The molecule has 2 aromatic rings. The van der Waals surface area contributed by atoms with E-state index in [-0.39, 0.29) is 5.69 Å². The molecule has 0 aliphatic heterocycles. The summed E-state index contributed by atoms with van der Waals surface area (Å²) in [6.45, 7) is 0. The summed E-state index contributed by atoms with van der Waals surface area (Å²) in [5, 5.41) is 10.4. The van der Waals surface area contributed by atoms with Crippen LogP contribution in [0, 0.1) is 10.1 Å². The monoisotopic (exact) mass is 248 g/mol. The molecule has 86 valence electrons. The first-order valence-corrected chi connectivity index (χ1v) is 5.17. The van der Waals surface area contributed by atoms with E-state index in [0.717, 1.165) is 11.1 Å². The third kappa shape index (κ3) is 2.94. The molecular weight excluding hydrogens is 240 g/mol. The number of thiol groups is 1. The summed E-state index contributed by atoms with van der Waals surface area (Å²) in [5.74, 6) is 0.883. The third-order valence-electron chi connectivity index (χ3n) is 1.97. The number of pyridine rings is 1. The van der Waals surface area contributed by atoms with Crippen LogP contribution in [-0.2, 0) is 0 Å². The van der Waals surface area contributed by atoms with Crippen LogP contribution in [0.15, 0.2) is 47.5 Å². The predicted molar refractivity (Wildman–Crippen MR) is 64.7 cm³/mol. The Balaban J connectivity index is 2.16. The molecule has 17 heavy (non-hydrogen) atoms. The summed E-state index contributed by atoms with van der Waals surface area (Å²) < 4.78 is 5.41. The summed E-state index contributed by atoms with van der Waals surface area (Å²) in [4.78, 5) is 14.5. The number of hydrogen-bond acceptors (Lipinski definition) is 5. The molecule has 0 radical (unpaired) electrons. The Bertz CT molecular complexity index is 543. The standard InChI is InChI=1S/C11H8N2O3S/c14-13(15)8-4-5-11(12-7-8)16-9-2-1-3-10(17)6-9/h1-7,17H. The Morgan fingerprint density at radius 1 is 1.29 bits per heavy atom. The van der Waals surface area contributed by atoms with E-state index in [1.54, 1.807) is 18.2 Å². The molecule has 2 rings (SSSR count). The van der Waals surface area contributed by atoms with E-state index in [0.29, 0.717) is 11.6 Å². The number of hydrogen-bond donors (Lipinski definition) is 1. The minimum Gasteiger partial charge on any atom is -0.439 e. The molecule has 0 bridgehead atoms. The first-order valence-electron chi connectivity index (χ1n) is 4.72. The van der Waals surface area contributed by atoms with Gasteiger partial charge in [-0.2, -0.15) is 0 Å². The van der Waals surface area contributed by atoms with Gasteiger partial charge >= 0.3 is 0 Å². The minimum atomic E-state index is -0.509. The second-order valence-corrected chi connectivity index (χ2v) is 3.73. The smallest absolute Gasteiger partial charge is 0.287 e. The summed E-state index contributed by atoms with van der Waals surface area (Å²) in [6, 6.07) is 9.88. The van der Waals surface area contributed by atoms with E-state index in [1.165, 1.54) is 12.1 Å². The molecule has 0 fully saturated rings. The molecule has 5 nitrogen and oxygen atoms in total. The fourth-order valence-electron chi connectivity index (χ4n) is 1.21. The Morgan fingerprint density at radius 2 is 2.12 bits per heavy atom. The number of benzene rings is 1. The number of aromatic nitrogens is 1. The van der Waals surface area contributed by atoms with Crippen LogP contribution in [0.5, 0.6) is 11.6 Å². The van der Waals surface area contributed by atoms with Crippen LogP contribution in [0.4, 0.5) is 5.69 Å². The van der Waals surface area contributed by atoms with Crippen molar-refractivity contribution in [2.45, 2.75) is 4.90 Å². The van der Waals surface area contributed by atoms with Crippen molar-refractivity contribution < 1.29 is 9.66 Å². The van der Waals surface area contributed by atoms with Gasteiger partial charge in [0.2, 0.25) is 5.88 Å². The first-order chi connectivity index (χ1) is 8.15. The molecule has 0 unspecified atom stereocenters. The zero-order chi connectivity index (χ0) is 12.3. The van der Waals surface area contributed by atoms with Gasteiger partial charge in [0, 0.05) is 17.0 Å². The normalized spacial score (nSPS) is 9.94. The van der Waals surface area contributed by atoms with Gasteiger partial charge in [-0.25, -0.2) is 4.98 Å². The number of ether oxygens (including phenoxy) is 1. The number of nitrogens with zero attached hydrogens (tertiary/aromatic N) is 2. The lowest BCUT2D eigenvalue weighted by atomic mass is 10.3. The topological polar surface area (TPSA) is 65.3 Å². The molecule has 0 atom stereocenters. The van der Waals surface area contributed by atoms with Gasteiger partial charge in [-0.3, -0.25) is 10.1 Å². The lowest BCUT2D eigenvalue weighted by molar-refractivity contribution is -0.385. The van der Waals surface area contributed by atoms with Crippen LogP contribution in [0.3, 0.4) is 0 Å². The van der Waals surface area contributed by atoms with Gasteiger partial charge in [-0.1, -0.05) is 6.07 Å². The van der Waals surface area contributed by atoms with Gasteiger partial charge in [0.1, 0.15) is 11.9 Å². The summed E-state index contributed by atoms with van der Waals surface area (Å²) in [6.07, 6.45) is 1.15. The maximum atomic E-state index is 10.4. The molecule has 1 aromatic carbocycles. The van der Waals surface area contributed by atoms with Crippen molar-refractivity contribution in [1.29, 1.82) is 0 Å². The second kappa shape index (κ2) is 4.84. The van der Waals surface area contributed by atoms with Crippen molar-refractivity contribution in [1.82, 2.24) is 4.98 Å². The Kier molecular flexibility index (Phi) is 3.24. The van der Waals surface area contributed by atoms with E-state index >= 15 is 0 Å². The quantitative estimate of drug-likeness (QED) is 0.515. The van der Waals surface area contributed by atoms with Crippen LogP contribution in [-0.4, -0.2) is 9.91 Å². The van der Waals surface area contributed by atoms with Crippen molar-refractivity contribution in [2.75, 3.05) is 0 Å². The van der Waals surface area contributed by atoms with Gasteiger partial charge in [0.25, 0.3) is 5.69 Å². The van der Waals surface area contributed by atoms with Crippen LogP contribution in [0.2, 0.25) is 0 Å². The van der Waals surface area contributed by atoms with Gasteiger partial charge in [-0.05, 0) is 18.2 Å². The molecule has 0 aliphatic rings. The molecule has 1 heterocycles. The Labute approximate surface area is 103 Å². The van der Waals surface area contributed by atoms with Gasteiger partial charge in [0.05, 0.1) is 4.92 Å². The average Bonchev–Trinajstić information content (AvgIpc) is 2.29. The van der Waals surface area contributed by atoms with E-state index in [4.69, 9.17) is 4.74 Å². The van der Waals surface area contributed by atoms with Crippen LogP contribution >= 0.6 is 12.6 Å². The zero-order valence-electron chi connectivity index (χ0n) is 8.61. The fourth-order valence-corrected chi connectivity index (χ4v) is 1.42. The molecule has 0 aliphatic carbocycles. The number of nitro groups is 1. The highest BCUT2D eigenvalue weighted by molar-refractivity contribution is 7.80. The fraction of sp³-hybridized carbons (Fsp3) is 0. The highest BCUT2D eigenvalue weighted by atomic mass is 32.1. The average molecular weight is 248 g/mol. The van der Waals surface area contributed by atoms with Crippen LogP contribution < -0.4 is 4.74 Å². The van der Waals surface area contributed by atoms with Gasteiger partial charge in [-0.15, -0.1) is 12.6 Å². The third-order valence-corrected chi connectivity index (χ3v) is 2.25. The van der Waals surface area contributed by atoms with E-state index in [9.17, 15) is 10.1 Å². The summed E-state index contributed by atoms with van der Waals surface area (Å²) in [5.41, 5.74) is -0.0692. The molecule has 0 spiro atoms. The molecule has 0 saturated carbocycles. The molecule has 0 amide bonds. The van der Waals surface area contributed by atoms with Crippen molar-refractivity contribution in [3.05, 3.63) is 52.7 Å². The first kappa shape index (κ1) is 11.4. The lowest BCUT2D eigenvalue weighted by Crippen LogP contribution is -1.91. The van der Waals surface area contributed by atoms with Gasteiger partial charge < -0.3 is 4.74 Å². The Morgan fingerprint density at radius 3 is 2.71 bits per heavy atom. The molecule has 0 N–H and O–H groups in total. The highest BCUT2D eigenvalue weighted by Gasteiger charge is 2.06. The maximum Gasteiger partial charge on any atom is 0.287 e. The molecular formula is C11H8N2O3S. The zero-order valence-corrected chi connectivity index (χ0v) is 9.50. The summed E-state index contributed by atoms with van der Waals surface area (Å²) >= 11 is 4.17. The largest absolute Gasteiger partial charge is 0.439 e. The van der Waals surface area contributed by atoms with Crippen molar-refractivity contribution in [3.8, 4) is 11.6 Å². The van der Waals surface area contributed by atoms with Crippen molar-refractivity contribution in [3.63, 3.8) is 0 Å². The second-order valence-electron chi connectivity index (χ2n) is 3.21. The number of rotatable bonds is 3. The lowest BCUT2D eigenvalue weighted by Gasteiger charge is -2.04. The van der Waals surface area contributed by atoms with E-state index in [2.05, 4.69) is 17.6 Å².